The van der Waals surface area contributed by atoms with E-state index in [-0.39, 0.29) is 34.7 Å². The Kier molecular flexibility index (Phi) is 4.92. The summed E-state index contributed by atoms with van der Waals surface area (Å²) in [5.74, 6) is -1.66. The molecule has 2 bridgehead atoms. The molecule has 2 aromatic rings. The zero-order valence-corrected chi connectivity index (χ0v) is 16.7. The number of fused-ring (bicyclic) bond motifs is 3. The van der Waals surface area contributed by atoms with E-state index < -0.39 is 17.7 Å². The molecule has 5 nitrogen and oxygen atoms in total. The number of aromatic nitrogens is 2. The van der Waals surface area contributed by atoms with Crippen molar-refractivity contribution in [3.63, 3.8) is 0 Å². The minimum absolute atomic E-state index is 0.0201. The fourth-order valence-electron chi connectivity index (χ4n) is 4.29. The molecule has 0 saturated heterocycles. The van der Waals surface area contributed by atoms with Gasteiger partial charge in [-0.15, -0.1) is 11.3 Å². The number of carboxylic acids is 1. The predicted octanol–water partition coefficient (Wildman–Crippen LogP) is 5.06. The molecule has 3 saturated carbocycles. The van der Waals surface area contributed by atoms with Crippen molar-refractivity contribution in [1.82, 2.24) is 9.97 Å². The van der Waals surface area contributed by atoms with E-state index in [1.807, 2.05) is 6.07 Å². The molecular formula is C17H16BrClFN3O2S. The second-order valence-electron chi connectivity index (χ2n) is 6.82. The fourth-order valence-corrected chi connectivity index (χ4v) is 5.83. The second kappa shape index (κ2) is 7.05. The summed E-state index contributed by atoms with van der Waals surface area (Å²) in [7, 11) is 0. The first-order valence-corrected chi connectivity index (χ1v) is 10.4. The molecule has 0 aromatic carbocycles. The summed E-state index contributed by atoms with van der Waals surface area (Å²) in [4.78, 5) is 20.4. The summed E-state index contributed by atoms with van der Waals surface area (Å²) in [5.41, 5.74) is 0.121. The highest BCUT2D eigenvalue weighted by Gasteiger charge is 2.47. The number of carboxylic acid groups (broad SMARTS) is 1. The van der Waals surface area contributed by atoms with Gasteiger partial charge in [-0.3, -0.25) is 4.79 Å². The molecule has 0 aliphatic heterocycles. The number of nitrogens with zero attached hydrogens (tertiary/aromatic N) is 2. The van der Waals surface area contributed by atoms with Crippen LogP contribution in [-0.2, 0) is 4.79 Å². The first kappa shape index (κ1) is 18.1. The first-order chi connectivity index (χ1) is 12.4. The zero-order chi connectivity index (χ0) is 18.4. The van der Waals surface area contributed by atoms with Crippen molar-refractivity contribution in [2.75, 3.05) is 5.32 Å². The van der Waals surface area contributed by atoms with E-state index in [0.717, 1.165) is 29.5 Å². The van der Waals surface area contributed by atoms with Crippen molar-refractivity contribution in [1.29, 1.82) is 0 Å². The van der Waals surface area contributed by atoms with Crippen LogP contribution in [0.1, 0.15) is 25.7 Å². The number of halogens is 3. The van der Waals surface area contributed by atoms with Gasteiger partial charge in [-0.2, -0.15) is 4.98 Å². The SMILES string of the molecule is O=C(O)C1C2CCC(CC2)C1Nc1nc(Cl)nc(-c2ccc(Br)s2)c1F. The number of aliphatic carboxylic acids is 1. The minimum Gasteiger partial charge on any atom is -0.481 e. The van der Waals surface area contributed by atoms with E-state index in [2.05, 4.69) is 31.2 Å². The van der Waals surface area contributed by atoms with Crippen LogP contribution in [0.4, 0.5) is 10.2 Å². The first-order valence-electron chi connectivity index (χ1n) is 8.42. The van der Waals surface area contributed by atoms with Crippen LogP contribution in [-0.4, -0.2) is 27.1 Å². The summed E-state index contributed by atoms with van der Waals surface area (Å²) in [6.07, 6.45) is 3.75. The van der Waals surface area contributed by atoms with E-state index in [1.165, 1.54) is 11.3 Å². The Balaban J connectivity index is 1.70. The average molecular weight is 461 g/mol. The molecule has 138 valence electrons. The summed E-state index contributed by atoms with van der Waals surface area (Å²) >= 11 is 10.7. The van der Waals surface area contributed by atoms with E-state index in [9.17, 15) is 9.90 Å². The normalized spacial score (nSPS) is 27.5. The Labute approximate surface area is 167 Å². The van der Waals surface area contributed by atoms with Gasteiger partial charge in [0.15, 0.2) is 11.6 Å². The summed E-state index contributed by atoms with van der Waals surface area (Å²) < 4.78 is 15.9. The molecule has 2 heterocycles. The number of carbonyl (C=O) groups is 1. The number of hydrogen-bond acceptors (Lipinski definition) is 5. The lowest BCUT2D eigenvalue weighted by Gasteiger charge is -2.47. The van der Waals surface area contributed by atoms with Crippen LogP contribution in [0.25, 0.3) is 10.6 Å². The zero-order valence-electron chi connectivity index (χ0n) is 13.6. The Morgan fingerprint density at radius 2 is 1.96 bits per heavy atom. The maximum absolute atomic E-state index is 15.1. The van der Waals surface area contributed by atoms with Gasteiger partial charge < -0.3 is 10.4 Å². The quantitative estimate of drug-likeness (QED) is 0.624. The number of hydrogen-bond donors (Lipinski definition) is 2. The Morgan fingerprint density at radius 1 is 1.27 bits per heavy atom. The van der Waals surface area contributed by atoms with E-state index >= 15 is 4.39 Å². The molecule has 2 atom stereocenters. The molecule has 9 heteroatoms. The molecule has 0 spiro atoms. The Morgan fingerprint density at radius 3 is 2.58 bits per heavy atom. The van der Waals surface area contributed by atoms with Crippen LogP contribution >= 0.6 is 38.9 Å². The molecule has 0 radical (unpaired) electrons. The molecule has 0 amide bonds. The fraction of sp³-hybridized carbons (Fsp3) is 0.471. The van der Waals surface area contributed by atoms with E-state index in [4.69, 9.17) is 11.6 Å². The van der Waals surface area contributed by atoms with E-state index in [0.29, 0.717) is 4.88 Å². The third-order valence-electron chi connectivity index (χ3n) is 5.44. The average Bonchev–Trinajstić information content (AvgIpc) is 3.04. The summed E-state index contributed by atoms with van der Waals surface area (Å²) in [5, 5.41) is 12.7. The Hall–Kier alpha value is -1.25. The standard InChI is InChI=1S/C17H16BrClFN3O2S/c18-10-6-5-9(26-10)14-12(20)15(23-17(19)22-14)21-13-8-3-1-7(2-4-8)11(13)16(24)25/h5-8,11,13H,1-4H2,(H,24,25)(H,21,22,23). The monoisotopic (exact) mass is 459 g/mol. The minimum atomic E-state index is -0.833. The molecule has 3 fully saturated rings. The van der Waals surface area contributed by atoms with Crippen molar-refractivity contribution < 1.29 is 14.3 Å². The second-order valence-corrected chi connectivity index (χ2v) is 9.62. The van der Waals surface area contributed by atoms with Gasteiger partial charge in [-0.1, -0.05) is 0 Å². The lowest BCUT2D eigenvalue weighted by molar-refractivity contribution is -0.148. The van der Waals surface area contributed by atoms with E-state index in [1.54, 1.807) is 6.07 Å². The molecule has 26 heavy (non-hydrogen) atoms. The highest BCUT2D eigenvalue weighted by molar-refractivity contribution is 9.11. The van der Waals surface area contributed by atoms with Crippen molar-refractivity contribution in [2.24, 2.45) is 17.8 Å². The van der Waals surface area contributed by atoms with Gasteiger partial charge in [0.1, 0.15) is 5.69 Å². The number of thiophene rings is 1. The maximum atomic E-state index is 15.1. The lowest BCUT2D eigenvalue weighted by atomic mass is 9.61. The van der Waals surface area contributed by atoms with Gasteiger partial charge in [0.05, 0.1) is 14.6 Å². The predicted molar refractivity (Wildman–Crippen MR) is 102 cm³/mol. The molecule has 2 aromatic heterocycles. The van der Waals surface area contributed by atoms with Crippen molar-refractivity contribution in [3.05, 3.63) is 27.0 Å². The van der Waals surface area contributed by atoms with Crippen LogP contribution in [0.3, 0.4) is 0 Å². The Bertz CT molecular complexity index is 857. The highest BCUT2D eigenvalue weighted by Crippen LogP contribution is 2.46. The van der Waals surface area contributed by atoms with Gasteiger partial charge in [0.25, 0.3) is 0 Å². The van der Waals surface area contributed by atoms with Crippen LogP contribution < -0.4 is 5.32 Å². The summed E-state index contributed by atoms with van der Waals surface area (Å²) in [6, 6.07) is 3.22. The van der Waals surface area contributed by atoms with Crippen LogP contribution in [0.15, 0.2) is 15.9 Å². The van der Waals surface area contributed by atoms with Gasteiger partial charge >= 0.3 is 5.97 Å². The smallest absolute Gasteiger partial charge is 0.308 e. The van der Waals surface area contributed by atoms with Crippen LogP contribution in [0.2, 0.25) is 5.28 Å². The van der Waals surface area contributed by atoms with Crippen molar-refractivity contribution in [2.45, 2.75) is 31.7 Å². The number of rotatable bonds is 4. The summed E-state index contributed by atoms with van der Waals surface area (Å²) in [6.45, 7) is 0. The largest absolute Gasteiger partial charge is 0.481 e. The lowest BCUT2D eigenvalue weighted by Crippen LogP contribution is -2.51. The van der Waals surface area contributed by atoms with Crippen molar-refractivity contribution >= 4 is 50.7 Å². The third-order valence-corrected chi connectivity index (χ3v) is 7.24. The molecule has 2 N–H and O–H groups in total. The molecule has 3 aliphatic rings. The van der Waals surface area contributed by atoms with Crippen LogP contribution in [0.5, 0.6) is 0 Å². The third kappa shape index (κ3) is 3.23. The number of anilines is 1. The van der Waals surface area contributed by atoms with Gasteiger partial charge in [-0.25, -0.2) is 9.37 Å². The van der Waals surface area contributed by atoms with Crippen LogP contribution in [0, 0.1) is 23.6 Å². The number of nitrogens with one attached hydrogen (secondary N) is 1. The molecule has 3 aliphatic carbocycles. The van der Waals surface area contributed by atoms with Gasteiger partial charge in [0, 0.05) is 6.04 Å². The van der Waals surface area contributed by atoms with Gasteiger partial charge in [0.2, 0.25) is 5.28 Å². The van der Waals surface area contributed by atoms with Crippen molar-refractivity contribution in [3.8, 4) is 10.6 Å². The van der Waals surface area contributed by atoms with Gasteiger partial charge in [-0.05, 0) is 77.2 Å². The molecule has 5 rings (SSSR count). The molecule has 2 unspecified atom stereocenters. The topological polar surface area (TPSA) is 75.1 Å². The molecular weight excluding hydrogens is 445 g/mol. The highest BCUT2D eigenvalue weighted by atomic mass is 79.9. The maximum Gasteiger partial charge on any atom is 0.308 e.